The summed E-state index contributed by atoms with van der Waals surface area (Å²) in [7, 11) is -5.44. The fourth-order valence-electron chi connectivity index (χ4n) is 0.906. The molecule has 0 saturated carbocycles. The van der Waals surface area contributed by atoms with Gasteiger partial charge in [0.05, 0.1) is 6.42 Å². The molecule has 0 aliphatic rings. The summed E-state index contributed by atoms with van der Waals surface area (Å²) in [6.07, 6.45) is -1.41. The highest BCUT2D eigenvalue weighted by Gasteiger charge is 2.52. The van der Waals surface area contributed by atoms with Gasteiger partial charge in [0.25, 0.3) is 4.93 Å². The first kappa shape index (κ1) is 17.2. The van der Waals surface area contributed by atoms with Gasteiger partial charge in [-0.2, -0.15) is 8.42 Å². The van der Waals surface area contributed by atoms with Gasteiger partial charge in [0.1, 0.15) is 0 Å². The number of nitrogens with one attached hydrogen (secondary N) is 1. The number of carbonyl (C=O) groups is 3. The Hall–Kier alpha value is -1.85. The smallest absolute Gasteiger partial charge is 0.365 e. The van der Waals surface area contributed by atoms with E-state index in [-0.39, 0.29) is 0 Å². The van der Waals surface area contributed by atoms with Crippen molar-refractivity contribution in [3.63, 3.8) is 0 Å². The highest BCUT2D eigenvalue weighted by atomic mass is 32.2. The van der Waals surface area contributed by atoms with E-state index in [1.54, 1.807) is 0 Å². The van der Waals surface area contributed by atoms with Gasteiger partial charge in [0, 0.05) is 13.8 Å². The van der Waals surface area contributed by atoms with E-state index in [1.807, 2.05) is 0 Å². The molecule has 3 N–H and O–H groups in total. The van der Waals surface area contributed by atoms with Crippen LogP contribution in [0.25, 0.3) is 0 Å². The molecule has 0 aliphatic carbocycles. The molecule has 0 saturated heterocycles. The second kappa shape index (κ2) is 5.86. The lowest BCUT2D eigenvalue weighted by Crippen LogP contribution is -2.49. The van der Waals surface area contributed by atoms with E-state index in [0.717, 1.165) is 13.8 Å². The van der Waals surface area contributed by atoms with Crippen molar-refractivity contribution in [2.24, 2.45) is 0 Å². The Bertz CT molecular complexity index is 522. The maximum Gasteiger partial charge on any atom is 0.365 e. The van der Waals surface area contributed by atoms with Gasteiger partial charge in [0.2, 0.25) is 0 Å². The number of ether oxygens (including phenoxy) is 2. The van der Waals surface area contributed by atoms with Crippen molar-refractivity contribution >= 4 is 33.9 Å². The zero-order valence-corrected chi connectivity index (χ0v) is 10.7. The first-order valence-electron chi connectivity index (χ1n) is 4.58. The van der Waals surface area contributed by atoms with E-state index in [2.05, 4.69) is 9.47 Å². The Balaban J connectivity index is 5.33. The Morgan fingerprint density at radius 3 is 1.89 bits per heavy atom. The van der Waals surface area contributed by atoms with Crippen molar-refractivity contribution < 1.29 is 41.9 Å². The average Bonchev–Trinajstić information content (AvgIpc) is 2.12. The van der Waals surface area contributed by atoms with Crippen LogP contribution in [0.2, 0.25) is 0 Å². The Morgan fingerprint density at radius 2 is 1.58 bits per heavy atom. The molecule has 10 nitrogen and oxygen atoms in total. The number of aliphatic hydroxyl groups is 1. The lowest BCUT2D eigenvalue weighted by Gasteiger charge is -2.21. The van der Waals surface area contributed by atoms with E-state index in [0.29, 0.717) is 0 Å². The molecule has 0 aromatic carbocycles. The lowest BCUT2D eigenvalue weighted by molar-refractivity contribution is -0.167. The molecule has 19 heavy (non-hydrogen) atoms. The van der Waals surface area contributed by atoms with Gasteiger partial charge in [-0.3, -0.25) is 19.6 Å². The van der Waals surface area contributed by atoms with Gasteiger partial charge in [-0.25, -0.2) is 4.79 Å². The van der Waals surface area contributed by atoms with Crippen LogP contribution in [0.3, 0.4) is 0 Å². The number of hydrogen-bond donors (Lipinski definition) is 3. The van der Waals surface area contributed by atoms with Crippen molar-refractivity contribution in [3.8, 4) is 0 Å². The quantitative estimate of drug-likeness (QED) is 0.185. The monoisotopic (exact) mass is 297 g/mol. The van der Waals surface area contributed by atoms with E-state index in [1.165, 1.54) is 0 Å². The highest BCUT2D eigenvalue weighted by molar-refractivity contribution is 7.87. The summed E-state index contributed by atoms with van der Waals surface area (Å²) in [6, 6.07) is 0. The average molecular weight is 297 g/mol. The fraction of sp³-hybridized carbons (Fsp3) is 0.500. The molecule has 108 valence electrons. The van der Waals surface area contributed by atoms with E-state index in [4.69, 9.17) is 9.96 Å². The molecular weight excluding hydrogens is 286 g/mol. The molecule has 1 unspecified atom stereocenters. The minimum atomic E-state index is -5.44. The largest absolute Gasteiger partial charge is 0.412 e. The van der Waals surface area contributed by atoms with Gasteiger partial charge in [-0.05, 0) is 0 Å². The first-order chi connectivity index (χ1) is 8.40. The molecule has 1 atom stereocenters. The zero-order chi connectivity index (χ0) is 15.4. The third-order valence-electron chi connectivity index (χ3n) is 1.65. The summed E-state index contributed by atoms with van der Waals surface area (Å²) in [5.41, 5.74) is 0. The summed E-state index contributed by atoms with van der Waals surface area (Å²) in [6.45, 7) is 1.63. The molecule has 0 rings (SSSR count). The third-order valence-corrected chi connectivity index (χ3v) is 2.81. The minimum absolute atomic E-state index is 0.750. The lowest BCUT2D eigenvalue weighted by atomic mass is 10.2. The van der Waals surface area contributed by atoms with Gasteiger partial charge in [-0.1, -0.05) is 0 Å². The molecule has 0 aromatic heterocycles. The summed E-state index contributed by atoms with van der Waals surface area (Å²) in [5.74, 6) is -5.39. The van der Waals surface area contributed by atoms with Crippen LogP contribution in [0.1, 0.15) is 20.3 Å². The summed E-state index contributed by atoms with van der Waals surface area (Å²) in [4.78, 5) is 28.7. The molecular formula is C8H11NO9S. The van der Waals surface area contributed by atoms with Crippen LogP contribution < -0.4 is 0 Å². The van der Waals surface area contributed by atoms with E-state index in [9.17, 15) is 27.9 Å². The van der Waals surface area contributed by atoms with Gasteiger partial charge in [-0.15, -0.1) is 0 Å². The second-order valence-corrected chi connectivity index (χ2v) is 4.96. The molecule has 0 aliphatic heterocycles. The molecule has 0 aromatic rings. The van der Waals surface area contributed by atoms with Crippen molar-refractivity contribution in [2.45, 2.75) is 25.2 Å². The predicted octanol–water partition coefficient (Wildman–Crippen LogP) is -1.42. The second-order valence-electron chi connectivity index (χ2n) is 3.33. The van der Waals surface area contributed by atoms with Crippen LogP contribution in [-0.2, 0) is 34.0 Å². The molecule has 11 heteroatoms. The van der Waals surface area contributed by atoms with Crippen molar-refractivity contribution in [1.82, 2.24) is 0 Å². The predicted molar refractivity (Wildman–Crippen MR) is 57.4 cm³/mol. The SMILES string of the molecule is CC(=O)OC(=N)CC(O)(C(=O)OC(C)=O)S(=O)(=O)O. The first-order valence-corrected chi connectivity index (χ1v) is 6.02. The van der Waals surface area contributed by atoms with E-state index >= 15 is 0 Å². The maximum absolute atomic E-state index is 11.3. The van der Waals surface area contributed by atoms with Gasteiger partial charge in [0.15, 0.2) is 5.90 Å². The number of carbonyl (C=O) groups excluding carboxylic acids is 3. The van der Waals surface area contributed by atoms with Gasteiger partial charge < -0.3 is 14.6 Å². The van der Waals surface area contributed by atoms with Crippen LogP contribution in [0.5, 0.6) is 0 Å². The Labute approximate surface area is 107 Å². The van der Waals surface area contributed by atoms with Crippen LogP contribution >= 0.6 is 0 Å². The van der Waals surface area contributed by atoms with Crippen LogP contribution in [0.15, 0.2) is 0 Å². The van der Waals surface area contributed by atoms with Crippen molar-refractivity contribution in [2.75, 3.05) is 0 Å². The topological polar surface area (TPSA) is 168 Å². The van der Waals surface area contributed by atoms with E-state index < -0.39 is 45.3 Å². The molecule has 0 radical (unpaired) electrons. The van der Waals surface area contributed by atoms with Crippen LogP contribution in [-0.4, -0.2) is 46.8 Å². The highest BCUT2D eigenvalue weighted by Crippen LogP contribution is 2.21. The molecule has 0 bridgehead atoms. The van der Waals surface area contributed by atoms with Crippen molar-refractivity contribution in [1.29, 1.82) is 5.41 Å². The zero-order valence-electron chi connectivity index (χ0n) is 9.87. The summed E-state index contributed by atoms with van der Waals surface area (Å²) in [5, 5.41) is 16.6. The van der Waals surface area contributed by atoms with Gasteiger partial charge >= 0.3 is 28.0 Å². The summed E-state index contributed by atoms with van der Waals surface area (Å²) >= 11 is 0. The Kier molecular flexibility index (Phi) is 5.29. The van der Waals surface area contributed by atoms with Crippen LogP contribution in [0, 0.1) is 5.41 Å². The molecule has 0 heterocycles. The standard InChI is InChI=1S/C8H11NO9S/c1-4(10)17-6(9)3-8(13,19(14,15)16)7(12)18-5(2)11/h9,13H,3H2,1-2H3,(H,14,15,16). The Morgan fingerprint density at radius 1 is 1.16 bits per heavy atom. The third kappa shape index (κ3) is 4.73. The fourth-order valence-corrected chi connectivity index (χ4v) is 1.47. The normalized spacial score (nSPS) is 14.1. The molecule has 0 fully saturated rings. The summed E-state index contributed by atoms with van der Waals surface area (Å²) < 4.78 is 38.6. The molecule has 0 amide bonds. The van der Waals surface area contributed by atoms with Crippen LogP contribution in [0.4, 0.5) is 0 Å². The minimum Gasteiger partial charge on any atom is -0.412 e. The number of rotatable bonds is 4. The van der Waals surface area contributed by atoms with Crippen molar-refractivity contribution in [3.05, 3.63) is 0 Å². The number of hydrogen-bond acceptors (Lipinski definition) is 9. The number of esters is 3. The molecule has 0 spiro atoms. The maximum atomic E-state index is 11.3.